The summed E-state index contributed by atoms with van der Waals surface area (Å²) in [6.45, 7) is 0.272. The summed E-state index contributed by atoms with van der Waals surface area (Å²) in [6.07, 6.45) is -3.36. The zero-order valence-electron chi connectivity index (χ0n) is 9.78. The summed E-state index contributed by atoms with van der Waals surface area (Å²) < 4.78 is 37.6. The highest BCUT2D eigenvalue weighted by Crippen LogP contribution is 2.39. The lowest BCUT2D eigenvalue weighted by atomic mass is 9.80. The Labute approximate surface area is 102 Å². The molecule has 1 aliphatic carbocycles. The molecule has 0 radical (unpaired) electrons. The van der Waals surface area contributed by atoms with Gasteiger partial charge in [0, 0.05) is 23.9 Å². The molecule has 0 aromatic carbocycles. The molecule has 0 bridgehead atoms. The Kier molecular flexibility index (Phi) is 5.27. The van der Waals surface area contributed by atoms with Crippen LogP contribution in [0.4, 0.5) is 13.2 Å². The van der Waals surface area contributed by atoms with Crippen molar-refractivity contribution >= 4 is 5.91 Å². The molecule has 0 aromatic rings. The fourth-order valence-corrected chi connectivity index (χ4v) is 2.14. The van der Waals surface area contributed by atoms with E-state index in [1.165, 1.54) is 0 Å². The van der Waals surface area contributed by atoms with Crippen LogP contribution in [-0.2, 0) is 4.79 Å². The van der Waals surface area contributed by atoms with Gasteiger partial charge in [0.25, 0.3) is 0 Å². The molecule has 1 amide bonds. The van der Waals surface area contributed by atoms with Gasteiger partial charge in [-0.1, -0.05) is 11.5 Å². The number of hydrogen-bond donors (Lipinski definition) is 1. The molecule has 8 heteroatoms. The third kappa shape index (κ3) is 4.44. The molecule has 0 spiro atoms. The normalized spacial score (nSPS) is 24.2. The minimum absolute atomic E-state index is 0.103. The van der Waals surface area contributed by atoms with Crippen LogP contribution in [0.15, 0.2) is 5.11 Å². The summed E-state index contributed by atoms with van der Waals surface area (Å²) in [5.41, 5.74) is 8.03. The highest BCUT2D eigenvalue weighted by molar-refractivity contribution is 5.78. The van der Waals surface area contributed by atoms with E-state index in [0.29, 0.717) is 12.8 Å². The van der Waals surface area contributed by atoms with E-state index in [9.17, 15) is 18.0 Å². The van der Waals surface area contributed by atoms with Crippen LogP contribution in [0.2, 0.25) is 0 Å². The standard InChI is InChI=1S/C10H15F3N4O/c11-10(12,13)8-3-1-2-7(6-8)9(18)15-4-5-16-17-14/h7-8H,1-6H2,(H,15,18). The number of carbonyl (C=O) groups is 1. The Hall–Kier alpha value is -1.43. The van der Waals surface area contributed by atoms with Crippen LogP contribution in [0, 0.1) is 11.8 Å². The molecule has 18 heavy (non-hydrogen) atoms. The molecular weight excluding hydrogens is 249 g/mol. The topological polar surface area (TPSA) is 77.9 Å². The second-order valence-corrected chi connectivity index (χ2v) is 4.35. The smallest absolute Gasteiger partial charge is 0.356 e. The molecule has 2 atom stereocenters. The Balaban J connectivity index is 2.41. The van der Waals surface area contributed by atoms with Crippen molar-refractivity contribution in [3.8, 4) is 0 Å². The lowest BCUT2D eigenvalue weighted by molar-refractivity contribution is -0.186. The van der Waals surface area contributed by atoms with Crippen LogP contribution in [0.3, 0.4) is 0 Å². The maximum atomic E-state index is 12.5. The lowest BCUT2D eigenvalue weighted by Gasteiger charge is -2.29. The van der Waals surface area contributed by atoms with Gasteiger partial charge in [-0.05, 0) is 24.8 Å². The van der Waals surface area contributed by atoms with Crippen LogP contribution >= 0.6 is 0 Å². The summed E-state index contributed by atoms with van der Waals surface area (Å²) in [5, 5.41) is 5.72. The summed E-state index contributed by atoms with van der Waals surface area (Å²) >= 11 is 0. The zero-order valence-corrected chi connectivity index (χ0v) is 9.78. The summed E-state index contributed by atoms with van der Waals surface area (Å²) in [7, 11) is 0. The van der Waals surface area contributed by atoms with Gasteiger partial charge < -0.3 is 5.32 Å². The molecule has 0 aliphatic heterocycles. The first-order chi connectivity index (χ1) is 8.45. The molecule has 1 saturated carbocycles. The predicted octanol–water partition coefficient (Wildman–Crippen LogP) is 2.78. The number of azide groups is 1. The molecule has 0 aromatic heterocycles. The third-order valence-electron chi connectivity index (χ3n) is 3.08. The molecule has 0 heterocycles. The minimum atomic E-state index is -4.22. The first-order valence-corrected chi connectivity index (χ1v) is 5.80. The summed E-state index contributed by atoms with van der Waals surface area (Å²) in [6, 6.07) is 0. The first kappa shape index (κ1) is 14.6. The van der Waals surface area contributed by atoms with Crippen LogP contribution in [0.25, 0.3) is 10.4 Å². The van der Waals surface area contributed by atoms with Crippen molar-refractivity contribution in [2.45, 2.75) is 31.9 Å². The van der Waals surface area contributed by atoms with Crippen molar-refractivity contribution in [1.82, 2.24) is 5.32 Å². The number of amides is 1. The average molecular weight is 264 g/mol. The average Bonchev–Trinajstić information content (AvgIpc) is 2.33. The highest BCUT2D eigenvalue weighted by Gasteiger charge is 2.43. The number of halogens is 3. The first-order valence-electron chi connectivity index (χ1n) is 5.80. The molecule has 5 nitrogen and oxygen atoms in total. The number of carbonyl (C=O) groups excluding carboxylic acids is 1. The van der Waals surface area contributed by atoms with Gasteiger partial charge in [0.1, 0.15) is 0 Å². The van der Waals surface area contributed by atoms with Crippen molar-refractivity contribution in [2.75, 3.05) is 13.1 Å². The molecular formula is C10H15F3N4O. The Morgan fingerprint density at radius 3 is 2.78 bits per heavy atom. The van der Waals surface area contributed by atoms with E-state index in [2.05, 4.69) is 15.3 Å². The van der Waals surface area contributed by atoms with E-state index >= 15 is 0 Å². The number of rotatable bonds is 4. The largest absolute Gasteiger partial charge is 0.391 e. The van der Waals surface area contributed by atoms with Crippen LogP contribution in [0.1, 0.15) is 25.7 Å². The van der Waals surface area contributed by atoms with Crippen molar-refractivity contribution < 1.29 is 18.0 Å². The lowest BCUT2D eigenvalue weighted by Crippen LogP contribution is -2.38. The maximum absolute atomic E-state index is 12.5. The number of nitrogens with zero attached hydrogens (tertiary/aromatic N) is 3. The van der Waals surface area contributed by atoms with E-state index in [1.807, 2.05) is 0 Å². The van der Waals surface area contributed by atoms with Crippen LogP contribution < -0.4 is 5.32 Å². The summed E-state index contributed by atoms with van der Waals surface area (Å²) in [5.74, 6) is -2.34. The van der Waals surface area contributed by atoms with Crippen LogP contribution in [0.5, 0.6) is 0 Å². The number of alkyl halides is 3. The fourth-order valence-electron chi connectivity index (χ4n) is 2.14. The molecule has 1 rings (SSSR count). The predicted molar refractivity (Wildman–Crippen MR) is 58.5 cm³/mol. The van der Waals surface area contributed by atoms with Gasteiger partial charge in [0.05, 0.1) is 5.92 Å². The van der Waals surface area contributed by atoms with Crippen molar-refractivity contribution in [1.29, 1.82) is 0 Å². The van der Waals surface area contributed by atoms with Crippen LogP contribution in [-0.4, -0.2) is 25.2 Å². The zero-order chi connectivity index (χ0) is 13.6. The minimum Gasteiger partial charge on any atom is -0.356 e. The Bertz CT molecular complexity index is 339. The summed E-state index contributed by atoms with van der Waals surface area (Å²) in [4.78, 5) is 14.1. The maximum Gasteiger partial charge on any atom is 0.391 e. The highest BCUT2D eigenvalue weighted by atomic mass is 19.4. The SMILES string of the molecule is [N-]=[N+]=NCCNC(=O)C1CCCC(C(F)(F)F)C1. The van der Waals surface area contributed by atoms with Gasteiger partial charge in [-0.3, -0.25) is 4.79 Å². The second kappa shape index (κ2) is 6.49. The van der Waals surface area contributed by atoms with Crippen molar-refractivity contribution in [3.63, 3.8) is 0 Å². The van der Waals surface area contributed by atoms with E-state index in [4.69, 9.17) is 5.53 Å². The molecule has 1 aliphatic rings. The van der Waals surface area contributed by atoms with Gasteiger partial charge in [-0.2, -0.15) is 13.2 Å². The number of hydrogen-bond acceptors (Lipinski definition) is 2. The van der Waals surface area contributed by atoms with E-state index in [1.54, 1.807) is 0 Å². The van der Waals surface area contributed by atoms with E-state index in [-0.39, 0.29) is 31.8 Å². The molecule has 0 saturated heterocycles. The molecule has 1 fully saturated rings. The van der Waals surface area contributed by atoms with Gasteiger partial charge >= 0.3 is 6.18 Å². The van der Waals surface area contributed by atoms with E-state index < -0.39 is 18.0 Å². The van der Waals surface area contributed by atoms with Gasteiger partial charge in [0.15, 0.2) is 0 Å². The monoisotopic (exact) mass is 264 g/mol. The van der Waals surface area contributed by atoms with E-state index in [0.717, 1.165) is 0 Å². The molecule has 2 unspecified atom stereocenters. The molecule has 1 N–H and O–H groups in total. The third-order valence-corrected chi connectivity index (χ3v) is 3.08. The molecule has 102 valence electrons. The quantitative estimate of drug-likeness (QED) is 0.360. The van der Waals surface area contributed by atoms with Crippen molar-refractivity contribution in [3.05, 3.63) is 10.4 Å². The number of nitrogens with one attached hydrogen (secondary N) is 1. The Morgan fingerprint density at radius 1 is 1.44 bits per heavy atom. The van der Waals surface area contributed by atoms with Gasteiger partial charge in [-0.25, -0.2) is 0 Å². The van der Waals surface area contributed by atoms with Crippen molar-refractivity contribution in [2.24, 2.45) is 17.0 Å². The van der Waals surface area contributed by atoms with Gasteiger partial charge in [0.2, 0.25) is 5.91 Å². The van der Waals surface area contributed by atoms with Gasteiger partial charge in [-0.15, -0.1) is 0 Å². The fraction of sp³-hybridized carbons (Fsp3) is 0.900. The second-order valence-electron chi connectivity index (χ2n) is 4.35. The Morgan fingerprint density at radius 2 is 2.17 bits per heavy atom.